The maximum atomic E-state index is 6.23. The van der Waals surface area contributed by atoms with Gasteiger partial charge in [0.2, 0.25) is 0 Å². The number of thioether (sulfide) groups is 1. The molecule has 0 bridgehead atoms. The molecule has 1 aromatic rings. The first-order valence-corrected chi connectivity index (χ1v) is 6.61. The van der Waals surface area contributed by atoms with E-state index >= 15 is 0 Å². The summed E-state index contributed by atoms with van der Waals surface area (Å²) in [6.45, 7) is 2.05. The van der Waals surface area contributed by atoms with Crippen LogP contribution < -0.4 is 0 Å². The van der Waals surface area contributed by atoms with E-state index in [2.05, 4.69) is 31.2 Å². The highest BCUT2D eigenvalue weighted by Crippen LogP contribution is 2.28. The van der Waals surface area contributed by atoms with Gasteiger partial charge in [-0.1, -0.05) is 30.4 Å². The van der Waals surface area contributed by atoms with Crippen LogP contribution in [-0.4, -0.2) is 4.71 Å². The van der Waals surface area contributed by atoms with Gasteiger partial charge in [0.1, 0.15) is 0 Å². The Morgan fingerprint density at radius 1 is 1.33 bits per heavy atom. The van der Waals surface area contributed by atoms with Gasteiger partial charge >= 0.3 is 0 Å². The molecule has 0 N–H and O–H groups in total. The molecule has 1 atom stereocenters. The van der Waals surface area contributed by atoms with Crippen LogP contribution in [0.4, 0.5) is 0 Å². The molecule has 1 unspecified atom stereocenters. The highest BCUT2D eigenvalue weighted by atomic mass is 35.5. The van der Waals surface area contributed by atoms with E-state index in [0.29, 0.717) is 0 Å². The standard InChI is InChI=1S/C13H17ClS/c1-2-3-4-8-11-13(14)15-12-9-6-5-7-10-12/h2-3,5-7,9-10,13H,4,8,11H2,1H3/b3-2+. The summed E-state index contributed by atoms with van der Waals surface area (Å²) in [6, 6.07) is 10.3. The Morgan fingerprint density at radius 3 is 2.73 bits per heavy atom. The largest absolute Gasteiger partial charge is 0.111 e. The van der Waals surface area contributed by atoms with Gasteiger partial charge in [-0.05, 0) is 38.3 Å². The lowest BCUT2D eigenvalue weighted by atomic mass is 10.2. The SMILES string of the molecule is C/C=C/CCCC(Cl)Sc1ccccc1. The summed E-state index contributed by atoms with van der Waals surface area (Å²) in [7, 11) is 0. The van der Waals surface area contributed by atoms with E-state index in [1.807, 2.05) is 18.2 Å². The molecular weight excluding hydrogens is 224 g/mol. The Balaban J connectivity index is 2.21. The minimum atomic E-state index is 0.192. The van der Waals surface area contributed by atoms with Gasteiger partial charge in [-0.3, -0.25) is 0 Å². The Kier molecular flexibility index (Phi) is 6.62. The highest BCUT2D eigenvalue weighted by molar-refractivity contribution is 8.01. The number of alkyl halides is 1. The summed E-state index contributed by atoms with van der Waals surface area (Å²) >= 11 is 7.98. The van der Waals surface area contributed by atoms with Crippen molar-refractivity contribution in [1.82, 2.24) is 0 Å². The molecule has 2 heteroatoms. The molecule has 0 amide bonds. The molecule has 0 aliphatic carbocycles. The van der Waals surface area contributed by atoms with Crippen molar-refractivity contribution in [3.63, 3.8) is 0 Å². The monoisotopic (exact) mass is 240 g/mol. The van der Waals surface area contributed by atoms with Gasteiger partial charge in [0.15, 0.2) is 0 Å². The lowest BCUT2D eigenvalue weighted by molar-refractivity contribution is 0.799. The fraction of sp³-hybridized carbons (Fsp3) is 0.385. The van der Waals surface area contributed by atoms with E-state index in [1.54, 1.807) is 11.8 Å². The second-order valence-corrected chi connectivity index (χ2v) is 5.40. The quantitative estimate of drug-likeness (QED) is 0.289. The maximum Gasteiger partial charge on any atom is 0.0836 e. The average Bonchev–Trinajstić information content (AvgIpc) is 2.26. The molecule has 0 aromatic heterocycles. The fourth-order valence-electron chi connectivity index (χ4n) is 1.27. The van der Waals surface area contributed by atoms with E-state index < -0.39 is 0 Å². The highest BCUT2D eigenvalue weighted by Gasteiger charge is 2.05. The molecule has 0 spiro atoms. The van der Waals surface area contributed by atoms with Gasteiger partial charge in [-0.25, -0.2) is 0 Å². The van der Waals surface area contributed by atoms with Gasteiger partial charge in [-0.2, -0.15) is 0 Å². The molecule has 0 aliphatic rings. The first-order valence-electron chi connectivity index (χ1n) is 5.30. The summed E-state index contributed by atoms with van der Waals surface area (Å²) in [5.41, 5.74) is 0. The smallest absolute Gasteiger partial charge is 0.0836 e. The van der Waals surface area contributed by atoms with Crippen molar-refractivity contribution in [2.45, 2.75) is 35.8 Å². The second kappa shape index (κ2) is 7.84. The van der Waals surface area contributed by atoms with Crippen molar-refractivity contribution in [3.05, 3.63) is 42.5 Å². The summed E-state index contributed by atoms with van der Waals surface area (Å²) in [6.07, 6.45) is 7.64. The zero-order valence-electron chi connectivity index (χ0n) is 9.03. The fourth-order valence-corrected chi connectivity index (χ4v) is 2.63. The van der Waals surface area contributed by atoms with Crippen molar-refractivity contribution in [2.75, 3.05) is 0 Å². The molecule has 82 valence electrons. The molecule has 0 saturated carbocycles. The second-order valence-electron chi connectivity index (χ2n) is 3.34. The Bertz CT molecular complexity index is 282. The Morgan fingerprint density at radius 2 is 2.07 bits per heavy atom. The van der Waals surface area contributed by atoms with Crippen molar-refractivity contribution in [3.8, 4) is 0 Å². The summed E-state index contributed by atoms with van der Waals surface area (Å²) in [5.74, 6) is 0. The van der Waals surface area contributed by atoms with Crippen molar-refractivity contribution in [2.24, 2.45) is 0 Å². The first kappa shape index (κ1) is 12.7. The first-order chi connectivity index (χ1) is 7.33. The maximum absolute atomic E-state index is 6.23. The summed E-state index contributed by atoms with van der Waals surface area (Å²) < 4.78 is 0.192. The van der Waals surface area contributed by atoms with Crippen LogP contribution in [0.2, 0.25) is 0 Å². The zero-order valence-corrected chi connectivity index (χ0v) is 10.6. The van der Waals surface area contributed by atoms with Gasteiger partial charge in [0, 0.05) is 4.90 Å². The normalized spacial score (nSPS) is 13.2. The minimum absolute atomic E-state index is 0.192. The number of halogens is 1. The Labute approximate surface area is 102 Å². The van der Waals surface area contributed by atoms with Crippen LogP contribution in [0.25, 0.3) is 0 Å². The van der Waals surface area contributed by atoms with Gasteiger partial charge < -0.3 is 0 Å². The minimum Gasteiger partial charge on any atom is -0.111 e. The third-order valence-electron chi connectivity index (χ3n) is 2.04. The van der Waals surface area contributed by atoms with Crippen LogP contribution in [0.5, 0.6) is 0 Å². The average molecular weight is 241 g/mol. The number of rotatable bonds is 6. The van der Waals surface area contributed by atoms with Crippen LogP contribution in [0, 0.1) is 0 Å². The molecule has 15 heavy (non-hydrogen) atoms. The van der Waals surface area contributed by atoms with Gasteiger partial charge in [0.25, 0.3) is 0 Å². The van der Waals surface area contributed by atoms with E-state index in [1.165, 1.54) is 11.3 Å². The van der Waals surface area contributed by atoms with Crippen LogP contribution in [0.1, 0.15) is 26.2 Å². The van der Waals surface area contributed by atoms with Gasteiger partial charge in [-0.15, -0.1) is 23.4 Å². The Hall–Kier alpha value is -0.400. The summed E-state index contributed by atoms with van der Waals surface area (Å²) in [5, 5.41) is 0. The number of allylic oxidation sites excluding steroid dienone is 2. The molecule has 0 radical (unpaired) electrons. The van der Waals surface area contributed by atoms with E-state index in [9.17, 15) is 0 Å². The van der Waals surface area contributed by atoms with Crippen molar-refractivity contribution in [1.29, 1.82) is 0 Å². The van der Waals surface area contributed by atoms with Crippen molar-refractivity contribution < 1.29 is 0 Å². The number of hydrogen-bond acceptors (Lipinski definition) is 1. The van der Waals surface area contributed by atoms with Crippen molar-refractivity contribution >= 4 is 23.4 Å². The zero-order chi connectivity index (χ0) is 10.9. The van der Waals surface area contributed by atoms with E-state index in [4.69, 9.17) is 11.6 Å². The number of hydrogen-bond donors (Lipinski definition) is 0. The lowest BCUT2D eigenvalue weighted by Crippen LogP contribution is -1.91. The third kappa shape index (κ3) is 5.91. The molecule has 0 saturated heterocycles. The lowest BCUT2D eigenvalue weighted by Gasteiger charge is -2.07. The number of unbranched alkanes of at least 4 members (excludes halogenated alkanes) is 1. The molecule has 1 rings (SSSR count). The molecule has 1 aromatic carbocycles. The van der Waals surface area contributed by atoms with Crippen LogP contribution >= 0.6 is 23.4 Å². The van der Waals surface area contributed by atoms with Gasteiger partial charge in [0.05, 0.1) is 4.71 Å². The van der Waals surface area contributed by atoms with E-state index in [0.717, 1.165) is 12.8 Å². The molecule has 0 nitrogen and oxygen atoms in total. The van der Waals surface area contributed by atoms with E-state index in [-0.39, 0.29) is 4.71 Å². The van der Waals surface area contributed by atoms with Crippen LogP contribution in [0.3, 0.4) is 0 Å². The third-order valence-corrected chi connectivity index (χ3v) is 3.57. The molecule has 0 aliphatic heterocycles. The molecule has 0 fully saturated rings. The number of benzene rings is 1. The van der Waals surface area contributed by atoms with Crippen LogP contribution in [-0.2, 0) is 0 Å². The predicted molar refractivity (Wildman–Crippen MR) is 70.6 cm³/mol. The molecular formula is C13H17ClS. The molecule has 0 heterocycles. The van der Waals surface area contributed by atoms with Crippen LogP contribution in [0.15, 0.2) is 47.4 Å². The summed E-state index contributed by atoms with van der Waals surface area (Å²) in [4.78, 5) is 1.25. The topological polar surface area (TPSA) is 0 Å². The predicted octanol–water partition coefficient (Wildman–Crippen LogP) is 5.09.